The number of hydrogen-bond acceptors (Lipinski definition) is 3. The lowest BCUT2D eigenvalue weighted by Crippen LogP contribution is -2.34. The van der Waals surface area contributed by atoms with Crippen molar-refractivity contribution in [3.8, 4) is 0 Å². The monoisotopic (exact) mass is 397 g/mol. The number of nitrogen functional groups attached to an aromatic ring is 1. The molecule has 1 unspecified atom stereocenters. The molecule has 7 heteroatoms. The SMILES string of the molecule is CC(F)c1cc(N)nc(CC2CCN(Cc3cccc(Cl)c3F)CC2)c1F. The molecular formula is C20H23ClF3N3. The Morgan fingerprint density at radius 2 is 1.96 bits per heavy atom. The third-order valence-electron chi connectivity index (χ3n) is 5.12. The van der Waals surface area contributed by atoms with Gasteiger partial charge in [-0.1, -0.05) is 23.7 Å². The molecule has 146 valence electrons. The normalized spacial score (nSPS) is 17.2. The fourth-order valence-electron chi connectivity index (χ4n) is 3.58. The van der Waals surface area contributed by atoms with Gasteiger partial charge in [-0.25, -0.2) is 18.2 Å². The van der Waals surface area contributed by atoms with E-state index in [-0.39, 0.29) is 33.8 Å². The lowest BCUT2D eigenvalue weighted by molar-refractivity contribution is 0.174. The molecule has 1 saturated heterocycles. The van der Waals surface area contributed by atoms with Crippen molar-refractivity contribution < 1.29 is 13.2 Å². The van der Waals surface area contributed by atoms with Crippen LogP contribution >= 0.6 is 11.6 Å². The number of pyridine rings is 1. The van der Waals surface area contributed by atoms with E-state index in [0.29, 0.717) is 18.5 Å². The molecule has 2 heterocycles. The Bertz CT molecular complexity index is 805. The Morgan fingerprint density at radius 1 is 1.26 bits per heavy atom. The molecule has 1 aliphatic rings. The third-order valence-corrected chi connectivity index (χ3v) is 5.41. The van der Waals surface area contributed by atoms with Crippen LogP contribution < -0.4 is 5.73 Å². The Hall–Kier alpha value is -1.79. The van der Waals surface area contributed by atoms with Crippen LogP contribution in [0.1, 0.15) is 42.8 Å². The standard InChI is InChI=1S/C20H23ClF3N3/c1-12(22)15-10-18(25)26-17(20(15)24)9-13-5-7-27(8-6-13)11-14-3-2-4-16(21)19(14)23/h2-4,10,12-13H,5-9,11H2,1H3,(H2,25,26). The summed E-state index contributed by atoms with van der Waals surface area (Å²) in [5.74, 6) is -0.598. The number of hydrogen-bond donors (Lipinski definition) is 1. The highest BCUT2D eigenvalue weighted by Crippen LogP contribution is 2.28. The zero-order valence-electron chi connectivity index (χ0n) is 15.2. The van der Waals surface area contributed by atoms with Crippen molar-refractivity contribution in [3.05, 3.63) is 57.7 Å². The number of rotatable bonds is 5. The molecule has 1 atom stereocenters. The number of likely N-dealkylation sites (tertiary alicyclic amines) is 1. The van der Waals surface area contributed by atoms with Gasteiger partial charge in [0, 0.05) is 17.7 Å². The van der Waals surface area contributed by atoms with Crippen LogP contribution in [0.4, 0.5) is 19.0 Å². The van der Waals surface area contributed by atoms with Crippen molar-refractivity contribution in [3.63, 3.8) is 0 Å². The zero-order valence-corrected chi connectivity index (χ0v) is 15.9. The van der Waals surface area contributed by atoms with Crippen LogP contribution in [0.5, 0.6) is 0 Å². The minimum atomic E-state index is -1.43. The van der Waals surface area contributed by atoms with Gasteiger partial charge in [0.15, 0.2) is 5.82 Å². The minimum Gasteiger partial charge on any atom is -0.384 e. The number of alkyl halides is 1. The Kier molecular flexibility index (Phi) is 6.27. The molecule has 0 aliphatic carbocycles. The predicted octanol–water partition coefficient (Wildman–Crippen LogP) is 5.08. The Morgan fingerprint density at radius 3 is 2.63 bits per heavy atom. The van der Waals surface area contributed by atoms with E-state index in [2.05, 4.69) is 9.88 Å². The third kappa shape index (κ3) is 4.74. The maximum Gasteiger partial charge on any atom is 0.150 e. The first-order valence-corrected chi connectivity index (χ1v) is 9.47. The Balaban J connectivity index is 1.61. The molecule has 0 saturated carbocycles. The number of anilines is 1. The highest BCUT2D eigenvalue weighted by Gasteiger charge is 2.24. The number of nitrogens with zero attached hydrogens (tertiary/aromatic N) is 2. The van der Waals surface area contributed by atoms with Crippen LogP contribution in [0.25, 0.3) is 0 Å². The van der Waals surface area contributed by atoms with E-state index in [4.69, 9.17) is 17.3 Å². The van der Waals surface area contributed by atoms with Crippen LogP contribution in [0.3, 0.4) is 0 Å². The van der Waals surface area contributed by atoms with Crippen molar-refractivity contribution in [2.24, 2.45) is 5.92 Å². The summed E-state index contributed by atoms with van der Waals surface area (Å²) in [6, 6.07) is 6.27. The van der Waals surface area contributed by atoms with E-state index in [1.54, 1.807) is 12.1 Å². The second-order valence-electron chi connectivity index (χ2n) is 7.15. The van der Waals surface area contributed by atoms with Gasteiger partial charge < -0.3 is 5.73 Å². The molecule has 2 aromatic rings. The maximum absolute atomic E-state index is 14.5. The summed E-state index contributed by atoms with van der Waals surface area (Å²) in [5.41, 5.74) is 6.48. The summed E-state index contributed by atoms with van der Waals surface area (Å²) in [7, 11) is 0. The summed E-state index contributed by atoms with van der Waals surface area (Å²) in [5, 5.41) is 0.128. The van der Waals surface area contributed by atoms with Crippen molar-refractivity contribution in [1.29, 1.82) is 0 Å². The first-order valence-electron chi connectivity index (χ1n) is 9.09. The topological polar surface area (TPSA) is 42.1 Å². The van der Waals surface area contributed by atoms with Crippen molar-refractivity contribution in [2.45, 2.75) is 38.9 Å². The smallest absolute Gasteiger partial charge is 0.150 e. The second kappa shape index (κ2) is 8.48. The summed E-state index contributed by atoms with van der Waals surface area (Å²) < 4.78 is 42.1. The molecule has 0 spiro atoms. The minimum absolute atomic E-state index is 0.0358. The van der Waals surface area contributed by atoms with Gasteiger partial charge in [0.05, 0.1) is 10.7 Å². The van der Waals surface area contributed by atoms with E-state index in [1.165, 1.54) is 19.1 Å². The molecule has 1 aromatic carbocycles. The van der Waals surface area contributed by atoms with Gasteiger partial charge in [0.25, 0.3) is 0 Å². The average Bonchev–Trinajstić information content (AvgIpc) is 2.63. The van der Waals surface area contributed by atoms with E-state index in [0.717, 1.165) is 25.9 Å². The first kappa shape index (κ1) is 20.0. The fourth-order valence-corrected chi connectivity index (χ4v) is 3.78. The number of nitrogens with two attached hydrogens (primary N) is 1. The van der Waals surface area contributed by atoms with Gasteiger partial charge in [-0.05, 0) is 57.3 Å². The van der Waals surface area contributed by atoms with Crippen LogP contribution in [0.15, 0.2) is 24.3 Å². The molecule has 3 nitrogen and oxygen atoms in total. The summed E-state index contributed by atoms with van der Waals surface area (Å²) >= 11 is 5.83. The molecule has 1 aliphatic heterocycles. The fraction of sp³-hybridized carbons (Fsp3) is 0.450. The largest absolute Gasteiger partial charge is 0.384 e. The van der Waals surface area contributed by atoms with Gasteiger partial charge >= 0.3 is 0 Å². The van der Waals surface area contributed by atoms with E-state index in [1.807, 2.05) is 0 Å². The number of halogens is 4. The van der Waals surface area contributed by atoms with Gasteiger partial charge in [0.2, 0.25) is 0 Å². The van der Waals surface area contributed by atoms with Crippen LogP contribution in [-0.4, -0.2) is 23.0 Å². The van der Waals surface area contributed by atoms with E-state index in [9.17, 15) is 13.2 Å². The average molecular weight is 398 g/mol. The number of piperidine rings is 1. The van der Waals surface area contributed by atoms with Crippen molar-refractivity contribution >= 4 is 17.4 Å². The van der Waals surface area contributed by atoms with E-state index >= 15 is 0 Å². The maximum atomic E-state index is 14.5. The summed E-state index contributed by atoms with van der Waals surface area (Å²) in [4.78, 5) is 6.23. The van der Waals surface area contributed by atoms with Crippen LogP contribution in [0.2, 0.25) is 5.02 Å². The molecule has 1 aromatic heterocycles. The van der Waals surface area contributed by atoms with Gasteiger partial charge in [0.1, 0.15) is 17.8 Å². The molecular weight excluding hydrogens is 375 g/mol. The molecule has 1 fully saturated rings. The highest BCUT2D eigenvalue weighted by atomic mass is 35.5. The Labute approximate surface area is 162 Å². The van der Waals surface area contributed by atoms with Crippen LogP contribution in [0, 0.1) is 17.6 Å². The first-order chi connectivity index (χ1) is 12.8. The van der Waals surface area contributed by atoms with Gasteiger partial charge in [-0.2, -0.15) is 0 Å². The summed E-state index contributed by atoms with van der Waals surface area (Å²) in [6.07, 6.45) is 0.663. The van der Waals surface area contributed by atoms with Crippen molar-refractivity contribution in [1.82, 2.24) is 9.88 Å². The lowest BCUT2D eigenvalue weighted by Gasteiger charge is -2.32. The predicted molar refractivity (Wildman–Crippen MR) is 101 cm³/mol. The van der Waals surface area contributed by atoms with Gasteiger partial charge in [-0.3, -0.25) is 4.90 Å². The number of aromatic nitrogens is 1. The molecule has 2 N–H and O–H groups in total. The molecule has 27 heavy (non-hydrogen) atoms. The second-order valence-corrected chi connectivity index (χ2v) is 7.56. The molecule has 0 amide bonds. The zero-order chi connectivity index (χ0) is 19.6. The molecule has 0 radical (unpaired) electrons. The number of benzene rings is 1. The molecule has 0 bridgehead atoms. The lowest BCUT2D eigenvalue weighted by atomic mass is 9.91. The highest BCUT2D eigenvalue weighted by molar-refractivity contribution is 6.30. The van der Waals surface area contributed by atoms with E-state index < -0.39 is 12.0 Å². The quantitative estimate of drug-likeness (QED) is 0.764. The summed E-state index contributed by atoms with van der Waals surface area (Å²) in [6.45, 7) is 3.32. The molecule has 3 rings (SSSR count). The van der Waals surface area contributed by atoms with Gasteiger partial charge in [-0.15, -0.1) is 0 Å². The van der Waals surface area contributed by atoms with Crippen molar-refractivity contribution in [2.75, 3.05) is 18.8 Å². The van der Waals surface area contributed by atoms with Crippen LogP contribution in [-0.2, 0) is 13.0 Å².